The summed E-state index contributed by atoms with van der Waals surface area (Å²) in [5.41, 5.74) is 13.1. The number of hydrogen-bond acceptors (Lipinski definition) is 2. The van der Waals surface area contributed by atoms with Crippen molar-refractivity contribution < 1.29 is 0 Å². The molecule has 0 atom stereocenters. The zero-order valence-corrected chi connectivity index (χ0v) is 9.03. The third-order valence-corrected chi connectivity index (χ3v) is 2.45. The number of nitrogens with two attached hydrogens (primary N) is 2. The predicted molar refractivity (Wildman–Crippen MR) is 68.9 cm³/mol. The quantitative estimate of drug-likeness (QED) is 0.559. The van der Waals surface area contributed by atoms with Crippen molar-refractivity contribution in [2.45, 2.75) is 6.42 Å². The van der Waals surface area contributed by atoms with Crippen LogP contribution in [0.4, 0.5) is 5.69 Å². The van der Waals surface area contributed by atoms with Crippen molar-refractivity contribution in [3.8, 4) is 11.8 Å². The number of nitrogen functional groups attached to an aromatic ring is 1. The molecule has 2 aromatic rings. The molecule has 0 unspecified atom stereocenters. The Kier molecular flexibility index (Phi) is 3.09. The zero-order valence-electron chi connectivity index (χ0n) is 9.03. The van der Waals surface area contributed by atoms with E-state index in [0.29, 0.717) is 6.54 Å². The van der Waals surface area contributed by atoms with Gasteiger partial charge < -0.3 is 11.5 Å². The number of anilines is 1. The molecule has 0 spiro atoms. The van der Waals surface area contributed by atoms with Crippen LogP contribution in [-0.4, -0.2) is 6.54 Å². The molecule has 0 aliphatic rings. The zero-order chi connectivity index (χ0) is 11.4. The van der Waals surface area contributed by atoms with Gasteiger partial charge in [0.05, 0.1) is 0 Å². The van der Waals surface area contributed by atoms with Crippen LogP contribution in [0.1, 0.15) is 12.0 Å². The normalized spacial score (nSPS) is 9.81. The van der Waals surface area contributed by atoms with Crippen molar-refractivity contribution in [3.63, 3.8) is 0 Å². The molecular weight excluding hydrogens is 196 g/mol. The molecule has 0 saturated heterocycles. The highest BCUT2D eigenvalue weighted by molar-refractivity contribution is 5.96. The van der Waals surface area contributed by atoms with E-state index in [0.717, 1.165) is 28.4 Å². The molecule has 4 N–H and O–H groups in total. The summed E-state index contributed by atoms with van der Waals surface area (Å²) in [5.74, 6) is 6.18. The summed E-state index contributed by atoms with van der Waals surface area (Å²) >= 11 is 0. The van der Waals surface area contributed by atoms with Gasteiger partial charge in [-0.05, 0) is 17.5 Å². The van der Waals surface area contributed by atoms with Gasteiger partial charge in [-0.25, -0.2) is 0 Å². The third-order valence-electron chi connectivity index (χ3n) is 2.45. The largest absolute Gasteiger partial charge is 0.398 e. The Labute approximate surface area is 95.3 Å². The second kappa shape index (κ2) is 4.69. The van der Waals surface area contributed by atoms with Crippen LogP contribution in [-0.2, 0) is 0 Å². The van der Waals surface area contributed by atoms with Crippen molar-refractivity contribution in [2.75, 3.05) is 12.3 Å². The van der Waals surface area contributed by atoms with Gasteiger partial charge in [0.2, 0.25) is 0 Å². The van der Waals surface area contributed by atoms with Gasteiger partial charge in [0.1, 0.15) is 0 Å². The second-order valence-corrected chi connectivity index (χ2v) is 3.59. The molecule has 0 saturated carbocycles. The Morgan fingerprint density at radius 2 is 1.75 bits per heavy atom. The van der Waals surface area contributed by atoms with E-state index in [2.05, 4.69) is 11.8 Å². The molecule has 0 radical (unpaired) electrons. The van der Waals surface area contributed by atoms with E-state index in [1.165, 1.54) is 0 Å². The van der Waals surface area contributed by atoms with Gasteiger partial charge >= 0.3 is 0 Å². The first-order valence-electron chi connectivity index (χ1n) is 5.29. The van der Waals surface area contributed by atoms with Crippen LogP contribution in [0.2, 0.25) is 0 Å². The molecule has 80 valence electrons. The van der Waals surface area contributed by atoms with E-state index in [1.54, 1.807) is 0 Å². The summed E-state index contributed by atoms with van der Waals surface area (Å²) in [7, 11) is 0. The molecule has 0 aliphatic carbocycles. The second-order valence-electron chi connectivity index (χ2n) is 3.59. The van der Waals surface area contributed by atoms with E-state index in [9.17, 15) is 0 Å². The summed E-state index contributed by atoms with van der Waals surface area (Å²) in [6.45, 7) is 0.597. The molecule has 0 heterocycles. The fourth-order valence-corrected chi connectivity index (χ4v) is 1.67. The lowest BCUT2D eigenvalue weighted by Crippen LogP contribution is -1.95. The van der Waals surface area contributed by atoms with E-state index in [1.807, 2.05) is 36.4 Å². The van der Waals surface area contributed by atoms with Crippen LogP contribution in [0.25, 0.3) is 10.8 Å². The molecule has 16 heavy (non-hydrogen) atoms. The average Bonchev–Trinajstić information content (AvgIpc) is 2.31. The Morgan fingerprint density at radius 3 is 2.56 bits per heavy atom. The lowest BCUT2D eigenvalue weighted by molar-refractivity contribution is 1.03. The number of rotatable bonds is 1. The van der Waals surface area contributed by atoms with Crippen molar-refractivity contribution in [1.82, 2.24) is 0 Å². The van der Waals surface area contributed by atoms with Gasteiger partial charge in [-0.3, -0.25) is 0 Å². The monoisotopic (exact) mass is 210 g/mol. The van der Waals surface area contributed by atoms with Gasteiger partial charge in [0.15, 0.2) is 0 Å². The molecule has 0 bridgehead atoms. The smallest absolute Gasteiger partial charge is 0.0394 e. The van der Waals surface area contributed by atoms with E-state index < -0.39 is 0 Å². The van der Waals surface area contributed by atoms with Crippen LogP contribution in [0.3, 0.4) is 0 Å². The van der Waals surface area contributed by atoms with Gasteiger partial charge in [-0.2, -0.15) is 0 Å². The minimum atomic E-state index is 0.597. The summed E-state index contributed by atoms with van der Waals surface area (Å²) in [6, 6.07) is 11.9. The lowest BCUT2D eigenvalue weighted by atomic mass is 10.0. The van der Waals surface area contributed by atoms with Crippen molar-refractivity contribution in [2.24, 2.45) is 5.73 Å². The Morgan fingerprint density at radius 1 is 1.00 bits per heavy atom. The highest BCUT2D eigenvalue weighted by atomic mass is 14.5. The first kappa shape index (κ1) is 10.5. The van der Waals surface area contributed by atoms with E-state index in [4.69, 9.17) is 11.5 Å². The molecule has 2 aromatic carbocycles. The van der Waals surface area contributed by atoms with Crippen LogP contribution in [0, 0.1) is 11.8 Å². The molecule has 0 fully saturated rings. The molecule has 2 rings (SSSR count). The molecule has 2 heteroatoms. The fourth-order valence-electron chi connectivity index (χ4n) is 1.67. The first-order valence-corrected chi connectivity index (χ1v) is 5.29. The summed E-state index contributed by atoms with van der Waals surface area (Å²) < 4.78 is 0. The number of benzene rings is 2. The van der Waals surface area contributed by atoms with Gasteiger partial charge in [-0.1, -0.05) is 36.1 Å². The Bertz CT molecular complexity index is 562. The maximum Gasteiger partial charge on any atom is 0.0394 e. The first-order chi connectivity index (χ1) is 7.83. The Balaban J connectivity index is 2.55. The molecule has 0 aliphatic heterocycles. The van der Waals surface area contributed by atoms with Crippen molar-refractivity contribution in [1.29, 1.82) is 0 Å². The van der Waals surface area contributed by atoms with Gasteiger partial charge in [-0.15, -0.1) is 0 Å². The highest BCUT2D eigenvalue weighted by Gasteiger charge is 1.99. The van der Waals surface area contributed by atoms with E-state index >= 15 is 0 Å². The highest BCUT2D eigenvalue weighted by Crippen LogP contribution is 2.23. The van der Waals surface area contributed by atoms with Gasteiger partial charge in [0, 0.05) is 29.6 Å². The van der Waals surface area contributed by atoms with Crippen LogP contribution >= 0.6 is 0 Å². The topological polar surface area (TPSA) is 52.0 Å². The Hall–Kier alpha value is -1.98. The molecular formula is C14H14N2. The minimum absolute atomic E-state index is 0.597. The standard InChI is InChI=1S/C14H14N2/c15-10-2-1-5-11-6-3-8-13-12(11)7-4-9-14(13)16/h3-4,6-9H,2,10,15-16H2. The number of hydrogen-bond donors (Lipinski definition) is 2. The summed E-state index contributed by atoms with van der Waals surface area (Å²) in [4.78, 5) is 0. The average molecular weight is 210 g/mol. The molecule has 0 aromatic heterocycles. The number of fused-ring (bicyclic) bond motifs is 1. The fraction of sp³-hybridized carbons (Fsp3) is 0.143. The van der Waals surface area contributed by atoms with Crippen molar-refractivity contribution in [3.05, 3.63) is 42.0 Å². The predicted octanol–water partition coefficient (Wildman–Crippen LogP) is 2.12. The summed E-state index contributed by atoms with van der Waals surface area (Å²) in [5, 5.41) is 2.16. The van der Waals surface area contributed by atoms with Gasteiger partial charge in [0.25, 0.3) is 0 Å². The third kappa shape index (κ3) is 2.00. The maximum absolute atomic E-state index is 5.91. The van der Waals surface area contributed by atoms with Crippen LogP contribution in [0.15, 0.2) is 36.4 Å². The summed E-state index contributed by atoms with van der Waals surface area (Å²) in [6.07, 6.45) is 0.721. The van der Waals surface area contributed by atoms with E-state index in [-0.39, 0.29) is 0 Å². The maximum atomic E-state index is 5.91. The SMILES string of the molecule is NCCC#Cc1cccc2c(N)cccc12. The lowest BCUT2D eigenvalue weighted by Gasteiger charge is -2.03. The molecule has 2 nitrogen and oxygen atoms in total. The molecule has 0 amide bonds. The van der Waals surface area contributed by atoms with Crippen LogP contribution < -0.4 is 11.5 Å². The van der Waals surface area contributed by atoms with Crippen LogP contribution in [0.5, 0.6) is 0 Å². The van der Waals surface area contributed by atoms with Crippen molar-refractivity contribution >= 4 is 16.5 Å². The minimum Gasteiger partial charge on any atom is -0.398 e.